The molecule has 1 aromatic heterocycles. The van der Waals surface area contributed by atoms with E-state index in [1.54, 1.807) is 6.26 Å². The Morgan fingerprint density at radius 1 is 1.50 bits per heavy atom. The van der Waals surface area contributed by atoms with Gasteiger partial charge in [-0.2, -0.15) is 0 Å². The van der Waals surface area contributed by atoms with E-state index >= 15 is 0 Å². The average Bonchev–Trinajstić information content (AvgIpc) is 2.61. The smallest absolute Gasteiger partial charge is 0.117 e. The second kappa shape index (κ2) is 3.75. The molecular weight excluding hydrogens is 178 g/mol. The summed E-state index contributed by atoms with van der Waals surface area (Å²) in [6.45, 7) is 4.68. The number of rotatable bonds is 2. The second-order valence-electron chi connectivity index (χ2n) is 4.35. The number of hydrogen-bond donors (Lipinski definition) is 1. The molecule has 0 bridgehead atoms. The molecule has 1 aliphatic rings. The molecular formula is C11H17NO2. The lowest BCUT2D eigenvalue weighted by atomic mass is 9.94. The van der Waals surface area contributed by atoms with Crippen molar-refractivity contribution in [3.05, 3.63) is 24.2 Å². The van der Waals surface area contributed by atoms with Crippen molar-refractivity contribution in [3.63, 3.8) is 0 Å². The first-order chi connectivity index (χ1) is 6.66. The van der Waals surface area contributed by atoms with Gasteiger partial charge in [0.1, 0.15) is 5.76 Å². The molecule has 0 atom stereocenters. The highest BCUT2D eigenvalue weighted by molar-refractivity contribution is 4.98. The summed E-state index contributed by atoms with van der Waals surface area (Å²) in [5.41, 5.74) is -0.459. The minimum absolute atomic E-state index is 0.459. The molecule has 0 spiro atoms. The van der Waals surface area contributed by atoms with Crippen LogP contribution in [-0.2, 0) is 6.54 Å². The van der Waals surface area contributed by atoms with Crippen molar-refractivity contribution in [1.29, 1.82) is 0 Å². The van der Waals surface area contributed by atoms with Crippen molar-refractivity contribution >= 4 is 0 Å². The van der Waals surface area contributed by atoms with Crippen LogP contribution in [0.15, 0.2) is 22.8 Å². The van der Waals surface area contributed by atoms with Gasteiger partial charge in [-0.25, -0.2) is 0 Å². The minimum atomic E-state index is -0.459. The van der Waals surface area contributed by atoms with Crippen LogP contribution in [-0.4, -0.2) is 28.7 Å². The summed E-state index contributed by atoms with van der Waals surface area (Å²) in [6.07, 6.45) is 3.41. The highest BCUT2D eigenvalue weighted by atomic mass is 16.3. The van der Waals surface area contributed by atoms with E-state index < -0.39 is 5.60 Å². The molecule has 14 heavy (non-hydrogen) atoms. The van der Waals surface area contributed by atoms with Gasteiger partial charge >= 0.3 is 0 Å². The molecule has 1 N–H and O–H groups in total. The molecule has 1 aliphatic heterocycles. The van der Waals surface area contributed by atoms with Crippen molar-refractivity contribution in [2.75, 3.05) is 13.1 Å². The second-order valence-corrected chi connectivity index (χ2v) is 4.35. The van der Waals surface area contributed by atoms with E-state index in [4.69, 9.17) is 4.42 Å². The summed E-state index contributed by atoms with van der Waals surface area (Å²) in [6, 6.07) is 3.90. The van der Waals surface area contributed by atoms with Crippen LogP contribution in [0.4, 0.5) is 0 Å². The highest BCUT2D eigenvalue weighted by Gasteiger charge is 2.27. The maximum atomic E-state index is 9.77. The van der Waals surface area contributed by atoms with Gasteiger partial charge in [-0.15, -0.1) is 0 Å². The molecule has 0 amide bonds. The summed E-state index contributed by atoms with van der Waals surface area (Å²) in [5.74, 6) is 1.01. The van der Waals surface area contributed by atoms with E-state index in [1.165, 1.54) is 0 Å². The van der Waals surface area contributed by atoms with Gasteiger partial charge in [0, 0.05) is 13.1 Å². The largest absolute Gasteiger partial charge is 0.468 e. The van der Waals surface area contributed by atoms with E-state index in [-0.39, 0.29) is 0 Å². The molecule has 1 saturated heterocycles. The maximum Gasteiger partial charge on any atom is 0.117 e. The fourth-order valence-electron chi connectivity index (χ4n) is 1.82. The SMILES string of the molecule is CC1(O)CCN(Cc2ccco2)CC1. The summed E-state index contributed by atoms with van der Waals surface area (Å²) >= 11 is 0. The molecule has 3 nitrogen and oxygen atoms in total. The number of hydrogen-bond acceptors (Lipinski definition) is 3. The molecule has 1 fully saturated rings. The van der Waals surface area contributed by atoms with Gasteiger partial charge in [-0.1, -0.05) is 0 Å². The Morgan fingerprint density at radius 2 is 2.21 bits per heavy atom. The lowest BCUT2D eigenvalue weighted by Crippen LogP contribution is -2.41. The lowest BCUT2D eigenvalue weighted by molar-refractivity contribution is -0.00870. The fourth-order valence-corrected chi connectivity index (χ4v) is 1.82. The van der Waals surface area contributed by atoms with Gasteiger partial charge < -0.3 is 9.52 Å². The molecule has 2 rings (SSSR count). The minimum Gasteiger partial charge on any atom is -0.468 e. The van der Waals surface area contributed by atoms with Crippen molar-refractivity contribution in [2.45, 2.75) is 31.9 Å². The first-order valence-corrected chi connectivity index (χ1v) is 5.13. The van der Waals surface area contributed by atoms with Crippen LogP contribution in [0.5, 0.6) is 0 Å². The van der Waals surface area contributed by atoms with E-state index in [2.05, 4.69) is 4.90 Å². The molecule has 0 unspecified atom stereocenters. The molecule has 78 valence electrons. The van der Waals surface area contributed by atoms with Gasteiger partial charge in [0.2, 0.25) is 0 Å². The quantitative estimate of drug-likeness (QED) is 0.779. The van der Waals surface area contributed by atoms with Gasteiger partial charge in [-0.3, -0.25) is 4.90 Å². The lowest BCUT2D eigenvalue weighted by Gasteiger charge is -2.35. The molecule has 0 radical (unpaired) electrons. The number of aliphatic hydroxyl groups is 1. The monoisotopic (exact) mass is 195 g/mol. The normalized spacial score (nSPS) is 22.4. The van der Waals surface area contributed by atoms with E-state index in [0.717, 1.165) is 38.2 Å². The Kier molecular flexibility index (Phi) is 2.61. The Bertz CT molecular complexity index is 269. The first-order valence-electron chi connectivity index (χ1n) is 5.13. The van der Waals surface area contributed by atoms with Crippen LogP contribution < -0.4 is 0 Å². The topological polar surface area (TPSA) is 36.6 Å². The van der Waals surface area contributed by atoms with Gasteiger partial charge in [-0.05, 0) is 31.9 Å². The number of furan rings is 1. The van der Waals surface area contributed by atoms with E-state index in [0.29, 0.717) is 0 Å². The Balaban J connectivity index is 1.85. The summed E-state index contributed by atoms with van der Waals surface area (Å²) in [7, 11) is 0. The van der Waals surface area contributed by atoms with Crippen LogP contribution in [0.3, 0.4) is 0 Å². The molecule has 2 heterocycles. The molecule has 1 aromatic rings. The van der Waals surface area contributed by atoms with Crippen molar-refractivity contribution in [2.24, 2.45) is 0 Å². The number of piperidine rings is 1. The van der Waals surface area contributed by atoms with Crippen LogP contribution >= 0.6 is 0 Å². The molecule has 0 aromatic carbocycles. The molecule has 3 heteroatoms. The molecule has 0 saturated carbocycles. The highest BCUT2D eigenvalue weighted by Crippen LogP contribution is 2.22. The third-order valence-electron chi connectivity index (χ3n) is 2.89. The average molecular weight is 195 g/mol. The Morgan fingerprint density at radius 3 is 2.79 bits per heavy atom. The van der Waals surface area contributed by atoms with Crippen molar-refractivity contribution in [1.82, 2.24) is 4.90 Å². The Hall–Kier alpha value is -0.800. The van der Waals surface area contributed by atoms with Crippen LogP contribution in [0.1, 0.15) is 25.5 Å². The van der Waals surface area contributed by atoms with Crippen LogP contribution in [0.25, 0.3) is 0 Å². The summed E-state index contributed by atoms with van der Waals surface area (Å²) in [4.78, 5) is 2.32. The van der Waals surface area contributed by atoms with Crippen LogP contribution in [0.2, 0.25) is 0 Å². The number of likely N-dealkylation sites (tertiary alicyclic amines) is 1. The zero-order valence-electron chi connectivity index (χ0n) is 8.57. The third kappa shape index (κ3) is 2.36. The standard InChI is InChI=1S/C11H17NO2/c1-11(13)4-6-12(7-5-11)9-10-3-2-8-14-10/h2-3,8,13H,4-7,9H2,1H3. The van der Waals surface area contributed by atoms with E-state index in [9.17, 15) is 5.11 Å². The summed E-state index contributed by atoms with van der Waals surface area (Å²) < 4.78 is 5.28. The zero-order valence-corrected chi connectivity index (χ0v) is 8.57. The van der Waals surface area contributed by atoms with Gasteiger partial charge in [0.05, 0.1) is 18.4 Å². The van der Waals surface area contributed by atoms with Crippen molar-refractivity contribution in [3.8, 4) is 0 Å². The third-order valence-corrected chi connectivity index (χ3v) is 2.89. The van der Waals surface area contributed by atoms with Crippen LogP contribution in [0, 0.1) is 0 Å². The summed E-state index contributed by atoms with van der Waals surface area (Å²) in [5, 5.41) is 9.77. The zero-order chi connectivity index (χ0) is 10.0. The first kappa shape index (κ1) is 9.74. The molecule has 0 aliphatic carbocycles. The van der Waals surface area contributed by atoms with Crippen molar-refractivity contribution < 1.29 is 9.52 Å². The van der Waals surface area contributed by atoms with E-state index in [1.807, 2.05) is 19.1 Å². The maximum absolute atomic E-state index is 9.77. The predicted octanol–water partition coefficient (Wildman–Crippen LogP) is 1.63. The Labute approximate surface area is 84.3 Å². The van der Waals surface area contributed by atoms with Gasteiger partial charge in [0.25, 0.3) is 0 Å². The number of nitrogens with zero attached hydrogens (tertiary/aromatic N) is 1. The fraction of sp³-hybridized carbons (Fsp3) is 0.636. The van der Waals surface area contributed by atoms with Gasteiger partial charge in [0.15, 0.2) is 0 Å². The predicted molar refractivity (Wildman–Crippen MR) is 53.8 cm³/mol.